The molecule has 1 N–H and O–H groups in total. The van der Waals surface area contributed by atoms with Crippen LogP contribution < -0.4 is 0 Å². The molecular weight excluding hydrogens is 294 g/mol. The summed E-state index contributed by atoms with van der Waals surface area (Å²) < 4.78 is 4.66. The van der Waals surface area contributed by atoms with E-state index < -0.39 is 0 Å². The van der Waals surface area contributed by atoms with Crippen LogP contribution in [0.2, 0.25) is 0 Å². The summed E-state index contributed by atoms with van der Waals surface area (Å²) in [5, 5.41) is 19.1. The lowest BCUT2D eigenvalue weighted by atomic mass is 10.0. The molecule has 0 bridgehead atoms. The number of fused-ring (bicyclic) bond motifs is 1. The summed E-state index contributed by atoms with van der Waals surface area (Å²) in [7, 11) is 1.37. The number of esters is 1. The van der Waals surface area contributed by atoms with Crippen molar-refractivity contribution >= 4 is 17.0 Å². The average Bonchev–Trinajstić information content (AvgIpc) is 2.99. The van der Waals surface area contributed by atoms with Gasteiger partial charge in [-0.1, -0.05) is 18.2 Å². The van der Waals surface area contributed by atoms with E-state index in [1.54, 1.807) is 6.07 Å². The van der Waals surface area contributed by atoms with Crippen molar-refractivity contribution in [3.05, 3.63) is 47.5 Å². The molecule has 0 unspecified atom stereocenters. The Morgan fingerprint density at radius 3 is 2.48 bits per heavy atom. The standard InChI is InChI=1S/C17H17N3O3/c1-11-9-12(7-8-16(21)23-2)10-15(17(11)22)20-18-13-5-3-4-6-14(13)19-20/h3-6,9-10,22H,7-8H2,1-2H3. The Kier molecular flexibility index (Phi) is 3.97. The molecule has 0 radical (unpaired) electrons. The first-order valence-electron chi connectivity index (χ1n) is 7.30. The van der Waals surface area contributed by atoms with Crippen LogP contribution in [-0.4, -0.2) is 33.2 Å². The van der Waals surface area contributed by atoms with E-state index in [0.717, 1.165) is 16.6 Å². The zero-order valence-corrected chi connectivity index (χ0v) is 13.0. The van der Waals surface area contributed by atoms with Crippen LogP contribution in [0.15, 0.2) is 36.4 Å². The van der Waals surface area contributed by atoms with Crippen molar-refractivity contribution in [2.24, 2.45) is 0 Å². The SMILES string of the molecule is COC(=O)CCc1cc(C)c(O)c(-n2nc3ccccc3n2)c1. The van der Waals surface area contributed by atoms with Crippen molar-refractivity contribution in [3.8, 4) is 11.4 Å². The van der Waals surface area contributed by atoms with Crippen molar-refractivity contribution in [3.63, 3.8) is 0 Å². The van der Waals surface area contributed by atoms with Crippen LogP contribution in [0, 0.1) is 6.92 Å². The van der Waals surface area contributed by atoms with Gasteiger partial charge in [-0.25, -0.2) is 0 Å². The molecule has 1 heterocycles. The minimum atomic E-state index is -0.264. The second kappa shape index (κ2) is 6.08. The number of aromatic hydroxyl groups is 1. The third-order valence-electron chi connectivity index (χ3n) is 3.69. The molecular formula is C17H17N3O3. The number of aromatic nitrogens is 3. The number of phenolic OH excluding ortho intramolecular Hbond substituents is 1. The summed E-state index contributed by atoms with van der Waals surface area (Å²) >= 11 is 0. The first kappa shape index (κ1) is 15.0. The predicted molar refractivity (Wildman–Crippen MR) is 85.6 cm³/mol. The van der Waals surface area contributed by atoms with Crippen LogP contribution in [-0.2, 0) is 16.0 Å². The summed E-state index contributed by atoms with van der Waals surface area (Å²) in [6.07, 6.45) is 0.816. The van der Waals surface area contributed by atoms with E-state index in [0.29, 0.717) is 17.7 Å². The molecule has 118 valence electrons. The fraction of sp³-hybridized carbons (Fsp3) is 0.235. The number of phenols is 1. The molecule has 0 saturated carbocycles. The number of ether oxygens (including phenoxy) is 1. The molecule has 0 aliphatic carbocycles. The molecule has 3 aromatic rings. The quantitative estimate of drug-likeness (QED) is 0.749. The summed E-state index contributed by atoms with van der Waals surface area (Å²) in [6.45, 7) is 1.81. The van der Waals surface area contributed by atoms with Crippen molar-refractivity contribution in [1.82, 2.24) is 15.0 Å². The number of aryl methyl sites for hydroxylation is 2. The van der Waals surface area contributed by atoms with Crippen LogP contribution in [0.1, 0.15) is 17.5 Å². The zero-order valence-electron chi connectivity index (χ0n) is 13.0. The monoisotopic (exact) mass is 311 g/mol. The van der Waals surface area contributed by atoms with E-state index >= 15 is 0 Å². The third kappa shape index (κ3) is 3.01. The number of methoxy groups -OCH3 is 1. The molecule has 0 spiro atoms. The molecule has 3 rings (SSSR count). The second-order valence-corrected chi connectivity index (χ2v) is 5.33. The molecule has 0 aliphatic heterocycles. The van der Waals surface area contributed by atoms with Gasteiger partial charge < -0.3 is 9.84 Å². The molecule has 0 aliphatic rings. The smallest absolute Gasteiger partial charge is 0.305 e. The summed E-state index contributed by atoms with van der Waals surface area (Å²) in [4.78, 5) is 12.7. The lowest BCUT2D eigenvalue weighted by Gasteiger charge is -2.09. The van der Waals surface area contributed by atoms with Gasteiger partial charge in [0.25, 0.3) is 0 Å². The molecule has 1 aromatic heterocycles. The number of carbonyl (C=O) groups is 1. The number of benzene rings is 2. The van der Waals surface area contributed by atoms with Crippen LogP contribution >= 0.6 is 0 Å². The van der Waals surface area contributed by atoms with Gasteiger partial charge >= 0.3 is 5.97 Å². The normalized spacial score (nSPS) is 10.9. The van der Waals surface area contributed by atoms with Crippen LogP contribution in [0.4, 0.5) is 0 Å². The molecule has 0 fully saturated rings. The Morgan fingerprint density at radius 2 is 1.87 bits per heavy atom. The molecule has 0 amide bonds. The molecule has 6 heteroatoms. The van der Waals surface area contributed by atoms with E-state index in [-0.39, 0.29) is 18.1 Å². The zero-order chi connectivity index (χ0) is 16.4. The van der Waals surface area contributed by atoms with Crippen LogP contribution in [0.5, 0.6) is 5.75 Å². The molecule has 6 nitrogen and oxygen atoms in total. The lowest BCUT2D eigenvalue weighted by molar-refractivity contribution is -0.140. The van der Waals surface area contributed by atoms with Gasteiger partial charge in [-0.05, 0) is 42.7 Å². The first-order chi connectivity index (χ1) is 11.1. The van der Waals surface area contributed by atoms with E-state index in [9.17, 15) is 9.90 Å². The van der Waals surface area contributed by atoms with Gasteiger partial charge in [-0.3, -0.25) is 4.79 Å². The summed E-state index contributed by atoms with van der Waals surface area (Å²) in [5.74, 6) is -0.132. The topological polar surface area (TPSA) is 77.2 Å². The Bertz CT molecular complexity index is 838. The van der Waals surface area contributed by atoms with E-state index in [2.05, 4.69) is 14.9 Å². The Hall–Kier alpha value is -2.89. The number of hydrogen-bond donors (Lipinski definition) is 1. The molecule has 23 heavy (non-hydrogen) atoms. The maximum absolute atomic E-state index is 11.3. The third-order valence-corrected chi connectivity index (χ3v) is 3.69. The number of hydrogen-bond acceptors (Lipinski definition) is 5. The van der Waals surface area contributed by atoms with Gasteiger partial charge in [0.2, 0.25) is 0 Å². The number of carbonyl (C=O) groups excluding carboxylic acids is 1. The van der Waals surface area contributed by atoms with Crippen LogP contribution in [0.3, 0.4) is 0 Å². The fourth-order valence-corrected chi connectivity index (χ4v) is 2.45. The highest BCUT2D eigenvalue weighted by molar-refractivity contribution is 5.74. The van der Waals surface area contributed by atoms with Gasteiger partial charge in [0.15, 0.2) is 0 Å². The molecule has 0 atom stereocenters. The highest BCUT2D eigenvalue weighted by atomic mass is 16.5. The van der Waals surface area contributed by atoms with Gasteiger partial charge in [-0.15, -0.1) is 15.0 Å². The maximum atomic E-state index is 11.3. The van der Waals surface area contributed by atoms with Crippen molar-refractivity contribution in [2.75, 3.05) is 7.11 Å². The number of rotatable bonds is 4. The van der Waals surface area contributed by atoms with Crippen molar-refractivity contribution < 1.29 is 14.6 Å². The minimum absolute atomic E-state index is 0.132. The van der Waals surface area contributed by atoms with E-state index in [1.807, 2.05) is 37.3 Å². The molecule has 0 saturated heterocycles. The summed E-state index contributed by atoms with van der Waals surface area (Å²) in [5.41, 5.74) is 3.64. The largest absolute Gasteiger partial charge is 0.505 e. The average molecular weight is 311 g/mol. The second-order valence-electron chi connectivity index (χ2n) is 5.33. The van der Waals surface area contributed by atoms with Crippen LogP contribution in [0.25, 0.3) is 16.7 Å². The lowest BCUT2D eigenvalue weighted by Crippen LogP contribution is -2.04. The Labute approximate surface area is 133 Å². The highest BCUT2D eigenvalue weighted by Crippen LogP contribution is 2.28. The van der Waals surface area contributed by atoms with Crippen molar-refractivity contribution in [2.45, 2.75) is 19.8 Å². The Balaban J connectivity index is 2.00. The summed E-state index contributed by atoms with van der Waals surface area (Å²) in [6, 6.07) is 11.2. The predicted octanol–water partition coefficient (Wildman–Crippen LogP) is 2.54. The fourth-order valence-electron chi connectivity index (χ4n) is 2.45. The van der Waals surface area contributed by atoms with E-state index in [4.69, 9.17) is 0 Å². The van der Waals surface area contributed by atoms with Gasteiger partial charge in [0, 0.05) is 6.42 Å². The first-order valence-corrected chi connectivity index (χ1v) is 7.30. The Morgan fingerprint density at radius 1 is 1.22 bits per heavy atom. The highest BCUT2D eigenvalue weighted by Gasteiger charge is 2.13. The number of nitrogens with zero attached hydrogens (tertiary/aromatic N) is 3. The van der Waals surface area contributed by atoms with Crippen molar-refractivity contribution in [1.29, 1.82) is 0 Å². The van der Waals surface area contributed by atoms with Gasteiger partial charge in [0.05, 0.1) is 7.11 Å². The van der Waals surface area contributed by atoms with E-state index in [1.165, 1.54) is 11.9 Å². The van der Waals surface area contributed by atoms with Gasteiger partial charge in [0.1, 0.15) is 22.5 Å². The maximum Gasteiger partial charge on any atom is 0.305 e. The van der Waals surface area contributed by atoms with Gasteiger partial charge in [-0.2, -0.15) is 0 Å². The molecule has 2 aromatic carbocycles. The minimum Gasteiger partial charge on any atom is -0.505 e.